The molecular weight excluding hydrogens is 264 g/mol. The van der Waals surface area contributed by atoms with E-state index in [0.29, 0.717) is 12.1 Å². The van der Waals surface area contributed by atoms with Crippen molar-refractivity contribution in [3.05, 3.63) is 35.4 Å². The summed E-state index contributed by atoms with van der Waals surface area (Å²) < 4.78 is 4.85. The van der Waals surface area contributed by atoms with Crippen molar-refractivity contribution in [1.29, 1.82) is 0 Å². The van der Waals surface area contributed by atoms with Crippen LogP contribution in [0.25, 0.3) is 0 Å². The Morgan fingerprint density at radius 1 is 1.30 bits per heavy atom. The van der Waals surface area contributed by atoms with Crippen LogP contribution in [0, 0.1) is 0 Å². The van der Waals surface area contributed by atoms with Gasteiger partial charge in [-0.2, -0.15) is 0 Å². The normalized spacial score (nSPS) is 14.1. The zero-order chi connectivity index (χ0) is 14.5. The summed E-state index contributed by atoms with van der Waals surface area (Å²) in [5.74, 6) is -1.21. The summed E-state index contributed by atoms with van der Waals surface area (Å²) in [6.07, 6.45) is 0. The van der Waals surface area contributed by atoms with Crippen molar-refractivity contribution in [2.24, 2.45) is 0 Å². The number of nitrogens with one attached hydrogen (secondary N) is 1. The van der Waals surface area contributed by atoms with Gasteiger partial charge in [0, 0.05) is 13.1 Å². The number of hydrogen-bond donors (Lipinski definition) is 2. The van der Waals surface area contributed by atoms with Crippen molar-refractivity contribution in [2.75, 3.05) is 19.7 Å². The van der Waals surface area contributed by atoms with Gasteiger partial charge in [-0.3, -0.25) is 9.69 Å². The third-order valence-electron chi connectivity index (χ3n) is 2.86. The van der Waals surface area contributed by atoms with Gasteiger partial charge in [0.15, 0.2) is 6.61 Å². The number of aliphatic hydroxyl groups excluding tert-OH is 1. The summed E-state index contributed by atoms with van der Waals surface area (Å²) >= 11 is 0. The summed E-state index contributed by atoms with van der Waals surface area (Å²) in [5.41, 5.74) is 0.951. The fourth-order valence-corrected chi connectivity index (χ4v) is 1.74. The van der Waals surface area contributed by atoms with Crippen molar-refractivity contribution in [3.8, 4) is 0 Å². The van der Waals surface area contributed by atoms with Crippen molar-refractivity contribution >= 4 is 17.9 Å². The molecule has 1 aromatic carbocycles. The maximum Gasteiger partial charge on any atom is 0.338 e. The van der Waals surface area contributed by atoms with E-state index in [1.165, 1.54) is 12.1 Å². The Hall–Kier alpha value is -2.41. The minimum absolute atomic E-state index is 0.113. The van der Waals surface area contributed by atoms with Crippen LogP contribution < -0.4 is 5.32 Å². The summed E-state index contributed by atoms with van der Waals surface area (Å²) in [7, 11) is 0. The Balaban J connectivity index is 1.88. The van der Waals surface area contributed by atoms with E-state index in [2.05, 4.69) is 5.32 Å². The molecule has 0 aliphatic carbocycles. The quantitative estimate of drug-likeness (QED) is 0.749. The smallest absolute Gasteiger partial charge is 0.338 e. The van der Waals surface area contributed by atoms with Crippen LogP contribution in [0.1, 0.15) is 15.9 Å². The summed E-state index contributed by atoms with van der Waals surface area (Å²) in [6, 6.07) is 5.71. The number of aliphatic hydroxyl groups is 1. The maximum atomic E-state index is 11.7. The molecule has 0 spiro atoms. The largest absolute Gasteiger partial charge is 0.452 e. The third kappa shape index (κ3) is 3.12. The molecule has 1 fully saturated rings. The molecular formula is C13H14N2O5. The molecule has 7 nitrogen and oxygen atoms in total. The van der Waals surface area contributed by atoms with Gasteiger partial charge >= 0.3 is 12.0 Å². The molecule has 0 atom stereocenters. The first-order valence-electron chi connectivity index (χ1n) is 6.07. The highest BCUT2D eigenvalue weighted by Crippen LogP contribution is 2.06. The summed E-state index contributed by atoms with van der Waals surface area (Å²) in [5, 5.41) is 11.4. The van der Waals surface area contributed by atoms with Crippen LogP contribution in [0.5, 0.6) is 0 Å². The number of hydrogen-bond acceptors (Lipinski definition) is 5. The van der Waals surface area contributed by atoms with Gasteiger partial charge < -0.3 is 15.2 Å². The lowest BCUT2D eigenvalue weighted by atomic mass is 10.1. The van der Waals surface area contributed by atoms with Gasteiger partial charge in [-0.25, -0.2) is 9.59 Å². The number of rotatable bonds is 4. The Kier molecular flexibility index (Phi) is 4.31. The number of amides is 3. The minimum atomic E-state index is -0.651. The molecule has 1 aliphatic rings. The topological polar surface area (TPSA) is 95.9 Å². The number of benzene rings is 1. The Morgan fingerprint density at radius 3 is 2.55 bits per heavy atom. The monoisotopic (exact) mass is 278 g/mol. The van der Waals surface area contributed by atoms with Crippen LogP contribution in [0.15, 0.2) is 24.3 Å². The Bertz CT molecular complexity index is 526. The molecule has 1 saturated heterocycles. The molecule has 1 aromatic rings. The van der Waals surface area contributed by atoms with Gasteiger partial charge in [-0.1, -0.05) is 12.1 Å². The summed E-state index contributed by atoms with van der Waals surface area (Å²) in [6.45, 7) is 0.0907. The highest BCUT2D eigenvalue weighted by Gasteiger charge is 2.26. The first kappa shape index (κ1) is 14.0. The Labute approximate surface area is 115 Å². The second-order valence-electron chi connectivity index (χ2n) is 4.21. The zero-order valence-corrected chi connectivity index (χ0v) is 10.7. The zero-order valence-electron chi connectivity index (χ0n) is 10.7. The van der Waals surface area contributed by atoms with Gasteiger partial charge in [0.1, 0.15) is 0 Å². The molecule has 7 heteroatoms. The fourth-order valence-electron chi connectivity index (χ4n) is 1.74. The number of urea groups is 1. The molecule has 1 heterocycles. The van der Waals surface area contributed by atoms with E-state index in [1.807, 2.05) is 0 Å². The predicted molar refractivity (Wildman–Crippen MR) is 67.8 cm³/mol. The fraction of sp³-hybridized carbons (Fsp3) is 0.308. The van der Waals surface area contributed by atoms with Crippen molar-refractivity contribution in [3.63, 3.8) is 0 Å². The SMILES string of the molecule is O=C(OCC(=O)N1CCNC1=O)c1ccc(CO)cc1. The molecule has 2 N–H and O–H groups in total. The standard InChI is InChI=1S/C13H14N2O5/c16-7-9-1-3-10(4-2-9)12(18)20-8-11(17)15-6-5-14-13(15)19/h1-4,16H,5-8H2,(H,14,19). The average molecular weight is 278 g/mol. The number of carbonyl (C=O) groups is 3. The van der Waals surface area contributed by atoms with Crippen LogP contribution in [0.4, 0.5) is 4.79 Å². The van der Waals surface area contributed by atoms with E-state index in [-0.39, 0.29) is 18.7 Å². The van der Waals surface area contributed by atoms with E-state index in [1.54, 1.807) is 12.1 Å². The molecule has 106 valence electrons. The Morgan fingerprint density at radius 2 is 2.00 bits per heavy atom. The van der Waals surface area contributed by atoms with E-state index in [4.69, 9.17) is 9.84 Å². The molecule has 2 rings (SSSR count). The molecule has 0 radical (unpaired) electrons. The first-order valence-corrected chi connectivity index (χ1v) is 6.07. The third-order valence-corrected chi connectivity index (χ3v) is 2.86. The number of carbonyl (C=O) groups excluding carboxylic acids is 3. The minimum Gasteiger partial charge on any atom is -0.452 e. The van der Waals surface area contributed by atoms with Crippen LogP contribution in [-0.2, 0) is 16.1 Å². The van der Waals surface area contributed by atoms with E-state index >= 15 is 0 Å². The highest BCUT2D eigenvalue weighted by atomic mass is 16.5. The number of ether oxygens (including phenoxy) is 1. The van der Waals surface area contributed by atoms with Crippen molar-refractivity contribution in [2.45, 2.75) is 6.61 Å². The second-order valence-corrected chi connectivity index (χ2v) is 4.21. The number of esters is 1. The van der Waals surface area contributed by atoms with Gasteiger partial charge in [-0.05, 0) is 17.7 Å². The summed E-state index contributed by atoms with van der Waals surface area (Å²) in [4.78, 5) is 35.6. The highest BCUT2D eigenvalue weighted by molar-refractivity contribution is 5.98. The molecule has 0 saturated carbocycles. The van der Waals surface area contributed by atoms with Crippen molar-refractivity contribution < 1.29 is 24.2 Å². The van der Waals surface area contributed by atoms with Crippen LogP contribution >= 0.6 is 0 Å². The molecule has 20 heavy (non-hydrogen) atoms. The average Bonchev–Trinajstić information content (AvgIpc) is 2.90. The van der Waals surface area contributed by atoms with E-state index in [0.717, 1.165) is 4.90 Å². The maximum absolute atomic E-state index is 11.7. The van der Waals surface area contributed by atoms with E-state index < -0.39 is 24.5 Å². The first-order chi connectivity index (χ1) is 9.61. The molecule has 0 bridgehead atoms. The lowest BCUT2D eigenvalue weighted by Crippen LogP contribution is -2.37. The molecule has 0 unspecified atom stereocenters. The van der Waals surface area contributed by atoms with Gasteiger partial charge in [0.05, 0.1) is 12.2 Å². The van der Waals surface area contributed by atoms with Crippen LogP contribution in [0.2, 0.25) is 0 Å². The van der Waals surface area contributed by atoms with Crippen LogP contribution in [0.3, 0.4) is 0 Å². The van der Waals surface area contributed by atoms with Crippen molar-refractivity contribution in [1.82, 2.24) is 10.2 Å². The predicted octanol–water partition coefficient (Wildman–Crippen LogP) is -0.113. The van der Waals surface area contributed by atoms with Crippen LogP contribution in [-0.4, -0.2) is 47.6 Å². The lowest BCUT2D eigenvalue weighted by Gasteiger charge is -2.12. The second kappa shape index (κ2) is 6.16. The van der Waals surface area contributed by atoms with Gasteiger partial charge in [0.25, 0.3) is 5.91 Å². The number of nitrogens with zero attached hydrogens (tertiary/aromatic N) is 1. The molecule has 3 amide bonds. The molecule has 1 aliphatic heterocycles. The molecule has 0 aromatic heterocycles. The number of imide groups is 1. The van der Waals surface area contributed by atoms with Gasteiger partial charge in [-0.15, -0.1) is 0 Å². The lowest BCUT2D eigenvalue weighted by molar-refractivity contribution is -0.130. The van der Waals surface area contributed by atoms with E-state index in [9.17, 15) is 14.4 Å². The van der Waals surface area contributed by atoms with Gasteiger partial charge in [0.2, 0.25) is 0 Å².